The Morgan fingerprint density at radius 1 is 1.30 bits per heavy atom. The predicted molar refractivity (Wildman–Crippen MR) is 112 cm³/mol. The van der Waals surface area contributed by atoms with Gasteiger partial charge in [-0.1, -0.05) is 0 Å². The number of hydrogen-bond acceptors (Lipinski definition) is 7. The number of alkyl carbamates (subject to hydrolysis) is 1. The van der Waals surface area contributed by atoms with Crippen molar-refractivity contribution in [3.05, 3.63) is 48.0 Å². The number of allylic oxidation sites excluding steroid dienone is 1. The number of benzene rings is 1. The molecule has 3 aliphatic rings. The Balaban J connectivity index is 1.30. The zero-order chi connectivity index (χ0) is 23.6. The second-order valence-electron chi connectivity index (χ2n) is 7.74. The molecule has 33 heavy (non-hydrogen) atoms. The lowest BCUT2D eigenvalue weighted by molar-refractivity contribution is -0.274. The number of nitrogens with one attached hydrogen (secondary N) is 2. The molecule has 2 bridgehead atoms. The lowest BCUT2D eigenvalue weighted by atomic mass is 10.1. The van der Waals surface area contributed by atoms with E-state index in [9.17, 15) is 22.8 Å². The third kappa shape index (κ3) is 5.76. The van der Waals surface area contributed by atoms with Crippen LogP contribution in [0.5, 0.6) is 5.75 Å². The van der Waals surface area contributed by atoms with E-state index in [1.165, 1.54) is 18.3 Å². The van der Waals surface area contributed by atoms with E-state index in [4.69, 9.17) is 4.74 Å². The summed E-state index contributed by atoms with van der Waals surface area (Å²) in [6, 6.07) is 5.57. The normalized spacial score (nSPS) is 20.5. The van der Waals surface area contributed by atoms with E-state index in [1.54, 1.807) is 23.1 Å². The van der Waals surface area contributed by atoms with Crippen molar-refractivity contribution in [2.24, 2.45) is 4.99 Å². The molecule has 1 aromatic carbocycles. The number of amides is 2. The Hall–Kier alpha value is -3.70. The topological polar surface area (TPSA) is 95.5 Å². The van der Waals surface area contributed by atoms with Gasteiger partial charge in [-0.2, -0.15) is 0 Å². The summed E-state index contributed by atoms with van der Waals surface area (Å²) in [6.45, 7) is 3.49. The summed E-state index contributed by atoms with van der Waals surface area (Å²) in [5, 5.41) is 5.52. The molecule has 0 aliphatic carbocycles. The highest BCUT2D eigenvalue weighted by atomic mass is 19.4. The van der Waals surface area contributed by atoms with Gasteiger partial charge in [-0.3, -0.25) is 10.1 Å². The van der Waals surface area contributed by atoms with Crippen molar-refractivity contribution in [1.82, 2.24) is 15.5 Å². The van der Waals surface area contributed by atoms with Crippen molar-refractivity contribution < 1.29 is 32.2 Å². The second-order valence-corrected chi connectivity index (χ2v) is 7.74. The fourth-order valence-electron chi connectivity index (χ4n) is 3.82. The minimum Gasteiger partial charge on any atom is -0.414 e. The average molecular weight is 465 g/mol. The van der Waals surface area contributed by atoms with Crippen LogP contribution in [0.2, 0.25) is 0 Å². The molecular formula is C21H22F3N5O4. The Kier molecular flexibility index (Phi) is 6.16. The van der Waals surface area contributed by atoms with Gasteiger partial charge in [0, 0.05) is 37.4 Å². The summed E-state index contributed by atoms with van der Waals surface area (Å²) < 4.78 is 46.0. The molecule has 9 nitrogen and oxygen atoms in total. The number of hydrogen-bond donors (Lipinski definition) is 2. The average Bonchev–Trinajstić information content (AvgIpc) is 2.88. The largest absolute Gasteiger partial charge is 0.573 e. The molecule has 2 saturated heterocycles. The number of fused-ring (bicyclic) bond motifs is 2. The maximum atomic E-state index is 12.8. The van der Waals surface area contributed by atoms with Crippen molar-refractivity contribution in [2.45, 2.75) is 25.7 Å². The molecule has 12 heteroatoms. The van der Waals surface area contributed by atoms with Crippen LogP contribution in [-0.4, -0.2) is 61.3 Å². The van der Waals surface area contributed by atoms with E-state index < -0.39 is 12.5 Å². The Morgan fingerprint density at radius 3 is 2.76 bits per heavy atom. The highest BCUT2D eigenvalue weighted by Gasteiger charge is 2.31. The molecule has 1 aromatic rings. The maximum absolute atomic E-state index is 12.8. The van der Waals surface area contributed by atoms with Crippen LogP contribution < -0.4 is 20.3 Å². The number of nitrogens with zero attached hydrogens (tertiary/aromatic N) is 3. The first-order valence-electron chi connectivity index (χ1n) is 10.3. The molecule has 3 aliphatic heterocycles. The zero-order valence-electron chi connectivity index (χ0n) is 17.7. The summed E-state index contributed by atoms with van der Waals surface area (Å²) in [7, 11) is 0. The van der Waals surface area contributed by atoms with Gasteiger partial charge in [0.1, 0.15) is 17.3 Å². The van der Waals surface area contributed by atoms with Gasteiger partial charge in [-0.25, -0.2) is 9.79 Å². The van der Waals surface area contributed by atoms with Crippen LogP contribution in [0.25, 0.3) is 0 Å². The second kappa shape index (κ2) is 9.04. The van der Waals surface area contributed by atoms with Crippen LogP contribution in [0.3, 0.4) is 0 Å². The number of rotatable bonds is 5. The molecule has 2 amide bonds. The van der Waals surface area contributed by atoms with E-state index in [2.05, 4.69) is 20.4 Å². The first-order chi connectivity index (χ1) is 15.7. The first kappa shape index (κ1) is 22.5. The van der Waals surface area contributed by atoms with Gasteiger partial charge >= 0.3 is 12.5 Å². The molecule has 1 unspecified atom stereocenters. The number of alkyl halides is 3. The standard InChI is InChI=1S/C21H22F3N5O4/c1-13-12-28(15-2-4-16(5-3-15)33-21(22,23)24)6-7-29(13)19(30)11-25-14-8-17-9-18(26-10-14)27-20(31)32-17/h2-5,8,10,13,25H,6-7,9,11-12H2,1H3,(H,26,27,31). The van der Waals surface area contributed by atoms with Crippen LogP contribution in [0.15, 0.2) is 53.0 Å². The van der Waals surface area contributed by atoms with E-state index in [-0.39, 0.29) is 24.2 Å². The third-order valence-corrected chi connectivity index (χ3v) is 5.31. The lowest BCUT2D eigenvalue weighted by Crippen LogP contribution is -2.55. The highest BCUT2D eigenvalue weighted by molar-refractivity contribution is 5.99. The fraction of sp³-hybridized carbons (Fsp3) is 0.381. The predicted octanol–water partition coefficient (Wildman–Crippen LogP) is 2.48. The minimum atomic E-state index is -4.73. The van der Waals surface area contributed by atoms with Crippen LogP contribution >= 0.6 is 0 Å². The van der Waals surface area contributed by atoms with Crippen molar-refractivity contribution in [3.8, 4) is 5.75 Å². The monoisotopic (exact) mass is 465 g/mol. The van der Waals surface area contributed by atoms with Crippen molar-refractivity contribution in [2.75, 3.05) is 31.1 Å². The summed E-state index contributed by atoms with van der Waals surface area (Å²) in [4.78, 5) is 32.1. The van der Waals surface area contributed by atoms with Crippen LogP contribution in [-0.2, 0) is 9.53 Å². The van der Waals surface area contributed by atoms with Gasteiger partial charge in [0.05, 0.1) is 24.9 Å². The van der Waals surface area contributed by atoms with E-state index >= 15 is 0 Å². The Labute approximate surface area is 187 Å². The van der Waals surface area contributed by atoms with Crippen LogP contribution in [0.4, 0.5) is 23.7 Å². The quantitative estimate of drug-likeness (QED) is 0.694. The summed E-state index contributed by atoms with van der Waals surface area (Å²) in [6.07, 6.45) is -1.80. The first-order valence-corrected chi connectivity index (χ1v) is 10.3. The van der Waals surface area contributed by atoms with Gasteiger partial charge in [0.2, 0.25) is 5.91 Å². The van der Waals surface area contributed by atoms with Gasteiger partial charge in [0.15, 0.2) is 0 Å². The van der Waals surface area contributed by atoms with E-state index in [1.807, 2.05) is 11.8 Å². The van der Waals surface area contributed by atoms with Gasteiger partial charge in [-0.05, 0) is 31.2 Å². The van der Waals surface area contributed by atoms with E-state index in [0.717, 1.165) is 5.69 Å². The lowest BCUT2D eigenvalue weighted by Gasteiger charge is -2.41. The highest BCUT2D eigenvalue weighted by Crippen LogP contribution is 2.26. The van der Waals surface area contributed by atoms with Crippen molar-refractivity contribution >= 4 is 23.5 Å². The molecule has 0 saturated carbocycles. The molecule has 0 spiro atoms. The molecule has 2 fully saturated rings. The number of anilines is 1. The number of carbonyl (C=O) groups excluding carboxylic acids is 2. The molecule has 0 radical (unpaired) electrons. The third-order valence-electron chi connectivity index (χ3n) is 5.31. The van der Waals surface area contributed by atoms with Crippen LogP contribution in [0.1, 0.15) is 13.3 Å². The minimum absolute atomic E-state index is 0.0374. The van der Waals surface area contributed by atoms with Gasteiger partial charge < -0.3 is 24.6 Å². The molecule has 1 atom stereocenters. The number of carbonyl (C=O) groups is 2. The van der Waals surface area contributed by atoms with Gasteiger partial charge in [0.25, 0.3) is 0 Å². The van der Waals surface area contributed by atoms with E-state index in [0.29, 0.717) is 43.3 Å². The van der Waals surface area contributed by atoms with Crippen molar-refractivity contribution in [1.29, 1.82) is 0 Å². The summed E-state index contributed by atoms with van der Waals surface area (Å²) in [5.41, 5.74) is 1.31. The smallest absolute Gasteiger partial charge is 0.414 e. The number of ether oxygens (including phenoxy) is 2. The number of piperazine rings is 1. The maximum Gasteiger partial charge on any atom is 0.573 e. The zero-order valence-corrected chi connectivity index (χ0v) is 17.7. The van der Waals surface area contributed by atoms with Gasteiger partial charge in [-0.15, -0.1) is 13.2 Å². The molecule has 2 N–H and O–H groups in total. The number of halogens is 3. The van der Waals surface area contributed by atoms with Crippen LogP contribution in [0, 0.1) is 0 Å². The SMILES string of the molecule is CC1CN(c2ccc(OC(F)(F)F)cc2)CCN1C(=O)CNC1=CN=C2CC(=C1)OC(=O)N2. The Morgan fingerprint density at radius 2 is 2.06 bits per heavy atom. The molecule has 4 rings (SSSR count). The summed E-state index contributed by atoms with van der Waals surface area (Å²) in [5.74, 6) is 0.533. The molecular weight excluding hydrogens is 443 g/mol. The number of amidine groups is 1. The molecule has 0 aromatic heterocycles. The molecule has 176 valence electrons. The fourth-order valence-corrected chi connectivity index (χ4v) is 3.82. The molecule has 3 heterocycles. The van der Waals surface area contributed by atoms with Crippen molar-refractivity contribution in [3.63, 3.8) is 0 Å². The number of aliphatic imine (C=N–C) groups is 1. The summed E-state index contributed by atoms with van der Waals surface area (Å²) >= 11 is 0. The Bertz CT molecular complexity index is 1020.